The van der Waals surface area contributed by atoms with Gasteiger partial charge in [0.25, 0.3) is 0 Å². The molecule has 184 valence electrons. The third-order valence-corrected chi connectivity index (χ3v) is 6.54. The maximum atomic E-state index is 6.44. The lowest BCUT2D eigenvalue weighted by Gasteiger charge is -2.32. The highest BCUT2D eigenvalue weighted by atomic mass is 35.5. The molecule has 6 heteroatoms. The first-order valence-corrected chi connectivity index (χ1v) is 11.8. The first kappa shape index (κ1) is 28.3. The van der Waals surface area contributed by atoms with Gasteiger partial charge in [0.1, 0.15) is 51.5 Å². The van der Waals surface area contributed by atoms with Gasteiger partial charge in [-0.25, -0.2) is 0 Å². The van der Waals surface area contributed by atoms with Crippen LogP contribution in [0.4, 0.5) is 0 Å². The van der Waals surface area contributed by atoms with E-state index in [4.69, 9.17) is 9.47 Å². The van der Waals surface area contributed by atoms with E-state index >= 15 is 0 Å². The number of hydrogen-bond acceptors (Lipinski definition) is 2. The van der Waals surface area contributed by atoms with E-state index in [2.05, 4.69) is 91.0 Å². The summed E-state index contributed by atoms with van der Waals surface area (Å²) in [6.07, 6.45) is 0.172. The Kier molecular flexibility index (Phi) is 12.6. The predicted octanol–water partition coefficient (Wildman–Crippen LogP) is -4.03. The lowest BCUT2D eigenvalue weighted by Crippen LogP contribution is -3.28. The number of piperazine rings is 1. The van der Waals surface area contributed by atoms with Crippen LogP contribution in [0.3, 0.4) is 0 Å². The van der Waals surface area contributed by atoms with Crippen molar-refractivity contribution in [3.63, 3.8) is 0 Å². The molecule has 1 saturated heterocycles. The van der Waals surface area contributed by atoms with Crippen molar-refractivity contribution in [2.24, 2.45) is 0 Å². The van der Waals surface area contributed by atoms with Crippen LogP contribution in [-0.4, -0.2) is 53.0 Å². The summed E-state index contributed by atoms with van der Waals surface area (Å²) >= 11 is 0. The van der Waals surface area contributed by atoms with E-state index in [-0.39, 0.29) is 37.0 Å². The number of nitrogens with one attached hydrogen (secondary N) is 2. The molecular formula is C28H36Cl2N2O2. The Balaban J connectivity index is 0.00000204. The fourth-order valence-electron chi connectivity index (χ4n) is 4.64. The molecule has 1 fully saturated rings. The van der Waals surface area contributed by atoms with Crippen molar-refractivity contribution < 1.29 is 44.1 Å². The molecule has 1 aliphatic rings. The minimum absolute atomic E-state index is 0. The highest BCUT2D eigenvalue weighted by molar-refractivity contribution is 5.29. The van der Waals surface area contributed by atoms with E-state index in [1.165, 1.54) is 42.9 Å². The van der Waals surface area contributed by atoms with Crippen molar-refractivity contribution in [1.82, 2.24) is 0 Å². The molecule has 4 rings (SSSR count). The Labute approximate surface area is 216 Å². The normalized spacial score (nSPS) is 18.5. The lowest BCUT2D eigenvalue weighted by molar-refractivity contribution is -1.01. The summed E-state index contributed by atoms with van der Waals surface area (Å²) in [4.78, 5) is 3.28. The van der Waals surface area contributed by atoms with Crippen LogP contribution in [0.25, 0.3) is 0 Å². The van der Waals surface area contributed by atoms with Gasteiger partial charge in [-0.3, -0.25) is 0 Å². The smallest absolute Gasteiger partial charge is 0.131 e. The average Bonchev–Trinajstić information content (AvgIpc) is 2.87. The molecule has 1 atom stereocenters. The van der Waals surface area contributed by atoms with Gasteiger partial charge in [-0.05, 0) is 16.7 Å². The maximum absolute atomic E-state index is 6.44. The monoisotopic (exact) mass is 502 g/mol. The van der Waals surface area contributed by atoms with Crippen molar-refractivity contribution >= 4 is 0 Å². The zero-order chi connectivity index (χ0) is 22.0. The highest BCUT2D eigenvalue weighted by Crippen LogP contribution is 2.25. The predicted molar refractivity (Wildman–Crippen MR) is 128 cm³/mol. The second-order valence-electron chi connectivity index (χ2n) is 8.66. The van der Waals surface area contributed by atoms with Gasteiger partial charge in [0, 0.05) is 7.11 Å². The van der Waals surface area contributed by atoms with Crippen molar-refractivity contribution in [3.8, 4) is 0 Å². The van der Waals surface area contributed by atoms with Crippen LogP contribution in [0.2, 0.25) is 0 Å². The molecule has 0 aromatic heterocycles. The minimum atomic E-state index is -0.00273. The van der Waals surface area contributed by atoms with Crippen molar-refractivity contribution in [3.05, 3.63) is 108 Å². The molecular weight excluding hydrogens is 467 g/mol. The molecule has 3 aromatic carbocycles. The van der Waals surface area contributed by atoms with Crippen molar-refractivity contribution in [1.29, 1.82) is 0 Å². The number of rotatable bonds is 10. The van der Waals surface area contributed by atoms with Crippen LogP contribution < -0.4 is 34.6 Å². The van der Waals surface area contributed by atoms with Crippen LogP contribution >= 0.6 is 0 Å². The molecule has 4 nitrogen and oxygen atoms in total. The SMILES string of the molecule is COC(C[NH+]1CC[NH+](CCOC(c2ccccc2)c2ccccc2)CC1)c1ccccc1.[Cl-].[Cl-]. The van der Waals surface area contributed by atoms with E-state index in [0.717, 1.165) is 19.7 Å². The summed E-state index contributed by atoms with van der Waals surface area (Å²) in [5.41, 5.74) is 3.71. The van der Waals surface area contributed by atoms with Crippen molar-refractivity contribution in [2.75, 3.05) is 53.0 Å². The number of benzene rings is 3. The number of ether oxygens (including phenoxy) is 2. The molecule has 0 spiro atoms. The van der Waals surface area contributed by atoms with E-state index in [9.17, 15) is 0 Å². The third kappa shape index (κ3) is 8.09. The van der Waals surface area contributed by atoms with Crippen LogP contribution in [-0.2, 0) is 9.47 Å². The first-order valence-electron chi connectivity index (χ1n) is 11.8. The molecule has 0 saturated carbocycles. The molecule has 0 aliphatic carbocycles. The second kappa shape index (κ2) is 15.2. The summed E-state index contributed by atoms with van der Waals surface area (Å²) in [5.74, 6) is 0. The second-order valence-corrected chi connectivity index (χ2v) is 8.66. The fraction of sp³-hybridized carbons (Fsp3) is 0.357. The Morgan fingerprint density at radius 2 is 1.09 bits per heavy atom. The first-order chi connectivity index (χ1) is 15.8. The fourth-order valence-corrected chi connectivity index (χ4v) is 4.64. The topological polar surface area (TPSA) is 27.3 Å². The van der Waals surface area contributed by atoms with Gasteiger partial charge in [-0.15, -0.1) is 0 Å². The molecule has 0 radical (unpaired) electrons. The van der Waals surface area contributed by atoms with Crippen LogP contribution in [0.15, 0.2) is 91.0 Å². The summed E-state index contributed by atoms with van der Waals surface area (Å²) in [5, 5.41) is 0. The van der Waals surface area contributed by atoms with E-state index in [1.807, 2.05) is 7.11 Å². The molecule has 1 unspecified atom stereocenters. The molecule has 1 heterocycles. The number of quaternary nitrogens is 2. The Morgan fingerprint density at radius 3 is 1.56 bits per heavy atom. The largest absolute Gasteiger partial charge is 1.00 e. The summed E-state index contributed by atoms with van der Waals surface area (Å²) < 4.78 is 12.2. The van der Waals surface area contributed by atoms with Crippen LogP contribution in [0, 0.1) is 0 Å². The lowest BCUT2D eigenvalue weighted by atomic mass is 10.0. The minimum Gasteiger partial charge on any atom is -1.00 e. The maximum Gasteiger partial charge on any atom is 0.131 e. The molecule has 1 aliphatic heterocycles. The zero-order valence-electron chi connectivity index (χ0n) is 19.8. The van der Waals surface area contributed by atoms with Crippen molar-refractivity contribution in [2.45, 2.75) is 12.2 Å². The van der Waals surface area contributed by atoms with E-state index < -0.39 is 0 Å². The summed E-state index contributed by atoms with van der Waals surface area (Å²) in [6, 6.07) is 31.7. The Bertz CT molecular complexity index is 868. The number of hydrogen-bond donors (Lipinski definition) is 2. The summed E-state index contributed by atoms with van der Waals surface area (Å²) in [6.45, 7) is 7.59. The van der Waals surface area contributed by atoms with Gasteiger partial charge in [0.2, 0.25) is 0 Å². The Hall–Kier alpha value is -1.92. The molecule has 34 heavy (non-hydrogen) atoms. The van der Waals surface area contributed by atoms with Gasteiger partial charge < -0.3 is 44.1 Å². The zero-order valence-corrected chi connectivity index (χ0v) is 21.3. The number of methoxy groups -OCH3 is 1. The van der Waals surface area contributed by atoms with E-state index in [0.29, 0.717) is 0 Å². The van der Waals surface area contributed by atoms with Gasteiger partial charge in [-0.1, -0.05) is 91.0 Å². The third-order valence-electron chi connectivity index (χ3n) is 6.54. The van der Waals surface area contributed by atoms with Crippen LogP contribution in [0.1, 0.15) is 28.9 Å². The molecule has 3 aromatic rings. The van der Waals surface area contributed by atoms with Gasteiger partial charge in [0.05, 0.1) is 6.61 Å². The van der Waals surface area contributed by atoms with Gasteiger partial charge in [-0.2, -0.15) is 0 Å². The van der Waals surface area contributed by atoms with Gasteiger partial charge >= 0.3 is 0 Å². The van der Waals surface area contributed by atoms with Gasteiger partial charge in [0.15, 0.2) is 0 Å². The van der Waals surface area contributed by atoms with E-state index in [1.54, 1.807) is 9.80 Å². The van der Waals surface area contributed by atoms with Crippen LogP contribution in [0.5, 0.6) is 0 Å². The Morgan fingerprint density at radius 1 is 0.647 bits per heavy atom. The average molecular weight is 504 g/mol. The quantitative estimate of drug-likeness (QED) is 0.295. The molecule has 0 bridgehead atoms. The molecule has 0 amide bonds. The molecule has 2 N–H and O–H groups in total. The number of halogens is 2. The highest BCUT2D eigenvalue weighted by Gasteiger charge is 2.26. The standard InChI is InChI=1S/C28H34N2O2.2ClH/c1-31-27(24-11-5-2-6-12-24)23-30-19-17-29(18-20-30)21-22-32-28(25-13-7-3-8-14-25)26-15-9-4-10-16-26;;/h2-16,27-28H,17-23H2,1H3;2*1H. The summed E-state index contributed by atoms with van der Waals surface area (Å²) in [7, 11) is 1.83.